The van der Waals surface area contributed by atoms with Crippen LogP contribution in [0, 0.1) is 0 Å². The van der Waals surface area contributed by atoms with Crippen LogP contribution in [0.5, 0.6) is 0 Å². The highest BCUT2D eigenvalue weighted by atomic mass is 32.2. The molecule has 8 heteroatoms. The molecule has 22 heavy (non-hydrogen) atoms. The molecule has 0 unspecified atom stereocenters. The zero-order chi connectivity index (χ0) is 16.3. The summed E-state index contributed by atoms with van der Waals surface area (Å²) in [6.07, 6.45) is 1.55. The lowest BCUT2D eigenvalue weighted by Gasteiger charge is -2.30. The Labute approximate surface area is 133 Å². The lowest BCUT2D eigenvalue weighted by molar-refractivity contribution is -0.131. The maximum atomic E-state index is 12.3. The minimum absolute atomic E-state index is 0.0533. The summed E-state index contributed by atoms with van der Waals surface area (Å²) in [5, 5.41) is 8.49. The number of rotatable bonds is 6. The summed E-state index contributed by atoms with van der Waals surface area (Å²) in [5.74, 6) is 7.26. The van der Waals surface area contributed by atoms with Gasteiger partial charge in [-0.3, -0.25) is 4.79 Å². The molecule has 2 rings (SSSR count). The van der Waals surface area contributed by atoms with E-state index in [4.69, 9.17) is 10.3 Å². The van der Waals surface area contributed by atoms with E-state index < -0.39 is 0 Å². The van der Waals surface area contributed by atoms with Crippen molar-refractivity contribution in [2.75, 3.05) is 11.6 Å². The van der Waals surface area contributed by atoms with Crippen molar-refractivity contribution < 1.29 is 9.21 Å². The Kier molecular flexibility index (Phi) is 5.12. The lowest BCUT2D eigenvalue weighted by Crippen LogP contribution is -2.43. The Morgan fingerprint density at radius 3 is 2.59 bits per heavy atom. The number of thioether (sulfide) groups is 1. The van der Waals surface area contributed by atoms with E-state index in [0.29, 0.717) is 16.7 Å². The summed E-state index contributed by atoms with van der Waals surface area (Å²) in [6.45, 7) is 8.01. The van der Waals surface area contributed by atoms with Crippen LogP contribution in [0.1, 0.15) is 27.7 Å². The van der Waals surface area contributed by atoms with Gasteiger partial charge in [0.2, 0.25) is 16.9 Å². The van der Waals surface area contributed by atoms with E-state index in [9.17, 15) is 4.79 Å². The number of carbonyl (C=O) groups is 1. The molecule has 2 N–H and O–H groups in total. The molecule has 0 aliphatic heterocycles. The normalized spacial score (nSPS) is 11.4. The van der Waals surface area contributed by atoms with Crippen molar-refractivity contribution in [1.82, 2.24) is 19.8 Å². The molecule has 120 valence electrons. The summed E-state index contributed by atoms with van der Waals surface area (Å²) >= 11 is 1.27. The van der Waals surface area contributed by atoms with Gasteiger partial charge in [-0.15, -0.1) is 10.2 Å². The minimum atomic E-state index is 0.0533. The molecule has 0 radical (unpaired) electrons. The first kappa shape index (κ1) is 16.4. The van der Waals surface area contributed by atoms with Gasteiger partial charge in [0.1, 0.15) is 0 Å². The van der Waals surface area contributed by atoms with Gasteiger partial charge in [-0.25, -0.2) is 4.68 Å². The van der Waals surface area contributed by atoms with E-state index in [1.54, 1.807) is 18.4 Å². The quantitative estimate of drug-likeness (QED) is 0.646. The number of nitrogens with two attached hydrogens (primary N) is 1. The molecule has 0 saturated carbocycles. The fourth-order valence-electron chi connectivity index (χ4n) is 2.32. The number of aromatic nitrogens is 3. The molecule has 0 aliphatic rings. The summed E-state index contributed by atoms with van der Waals surface area (Å²) in [4.78, 5) is 14.2. The summed E-state index contributed by atoms with van der Waals surface area (Å²) < 4.78 is 6.59. The number of hydrogen-bond donors (Lipinski definition) is 1. The molecule has 0 saturated heterocycles. The number of nitrogen functional groups attached to an aromatic ring is 1. The second-order valence-corrected chi connectivity index (χ2v) is 6.37. The molecule has 0 aromatic carbocycles. The number of furan rings is 1. The Hall–Kier alpha value is -1.96. The first-order valence-electron chi connectivity index (χ1n) is 7.10. The van der Waals surface area contributed by atoms with E-state index in [1.165, 1.54) is 16.4 Å². The van der Waals surface area contributed by atoms with Gasteiger partial charge >= 0.3 is 0 Å². The third kappa shape index (κ3) is 3.44. The van der Waals surface area contributed by atoms with E-state index in [2.05, 4.69) is 10.2 Å². The van der Waals surface area contributed by atoms with Crippen molar-refractivity contribution in [2.45, 2.75) is 44.9 Å². The second kappa shape index (κ2) is 6.87. The Morgan fingerprint density at radius 1 is 1.36 bits per heavy atom. The van der Waals surface area contributed by atoms with Crippen LogP contribution in [0.2, 0.25) is 0 Å². The summed E-state index contributed by atoms with van der Waals surface area (Å²) in [5.41, 5.74) is 0. The van der Waals surface area contributed by atoms with Gasteiger partial charge in [-0.05, 0) is 39.8 Å². The van der Waals surface area contributed by atoms with Crippen LogP contribution in [-0.4, -0.2) is 43.5 Å². The first-order valence-corrected chi connectivity index (χ1v) is 8.08. The van der Waals surface area contributed by atoms with Gasteiger partial charge in [0.05, 0.1) is 12.0 Å². The molecule has 7 nitrogen and oxygen atoms in total. The molecule has 0 aliphatic carbocycles. The molecule has 0 fully saturated rings. The molecule has 0 atom stereocenters. The van der Waals surface area contributed by atoms with E-state index in [0.717, 1.165) is 0 Å². The van der Waals surface area contributed by atoms with E-state index in [-0.39, 0.29) is 23.7 Å². The van der Waals surface area contributed by atoms with Crippen LogP contribution in [0.3, 0.4) is 0 Å². The maximum absolute atomic E-state index is 12.3. The molecule has 2 heterocycles. The Balaban J connectivity index is 2.05. The van der Waals surface area contributed by atoms with Crippen molar-refractivity contribution in [2.24, 2.45) is 0 Å². The monoisotopic (exact) mass is 323 g/mol. The predicted octanol–water partition coefficient (Wildman–Crippen LogP) is 1.99. The molecule has 2 aromatic rings. The average Bonchev–Trinajstić information content (AvgIpc) is 3.05. The SMILES string of the molecule is CC(C)N(C(=O)CSc1nnc(-c2ccco2)n1N)C(C)C. The van der Waals surface area contributed by atoms with Crippen molar-refractivity contribution in [3.8, 4) is 11.6 Å². The van der Waals surface area contributed by atoms with Crippen molar-refractivity contribution in [3.05, 3.63) is 18.4 Å². The minimum Gasteiger partial charge on any atom is -0.461 e. The zero-order valence-corrected chi connectivity index (χ0v) is 14.0. The average molecular weight is 323 g/mol. The van der Waals surface area contributed by atoms with Crippen LogP contribution in [0.4, 0.5) is 0 Å². The molecule has 2 aromatic heterocycles. The molecule has 1 amide bonds. The molecular weight excluding hydrogens is 302 g/mol. The molecular formula is C14H21N5O2S. The number of nitrogens with zero attached hydrogens (tertiary/aromatic N) is 4. The van der Waals surface area contributed by atoms with Crippen LogP contribution in [0.15, 0.2) is 28.0 Å². The third-order valence-electron chi connectivity index (χ3n) is 3.13. The van der Waals surface area contributed by atoms with Crippen molar-refractivity contribution in [1.29, 1.82) is 0 Å². The van der Waals surface area contributed by atoms with Gasteiger partial charge in [0.15, 0.2) is 5.76 Å². The first-order chi connectivity index (χ1) is 10.4. The van der Waals surface area contributed by atoms with Crippen LogP contribution >= 0.6 is 11.8 Å². The highest BCUT2D eigenvalue weighted by Crippen LogP contribution is 2.22. The van der Waals surface area contributed by atoms with Gasteiger partial charge < -0.3 is 15.2 Å². The van der Waals surface area contributed by atoms with Crippen molar-refractivity contribution >= 4 is 17.7 Å². The Bertz CT molecular complexity index is 613. The van der Waals surface area contributed by atoms with Crippen LogP contribution in [0.25, 0.3) is 11.6 Å². The fraction of sp³-hybridized carbons (Fsp3) is 0.500. The molecule has 0 bridgehead atoms. The standard InChI is InChI=1S/C14H21N5O2S/c1-9(2)18(10(3)4)12(20)8-22-14-17-16-13(19(14)15)11-6-5-7-21-11/h5-7,9-10H,8,15H2,1-4H3. The number of hydrogen-bond acceptors (Lipinski definition) is 6. The highest BCUT2D eigenvalue weighted by molar-refractivity contribution is 7.99. The zero-order valence-electron chi connectivity index (χ0n) is 13.2. The second-order valence-electron chi connectivity index (χ2n) is 5.43. The lowest BCUT2D eigenvalue weighted by atomic mass is 10.2. The fourth-order valence-corrected chi connectivity index (χ4v) is 3.05. The van der Waals surface area contributed by atoms with Crippen LogP contribution in [-0.2, 0) is 4.79 Å². The maximum Gasteiger partial charge on any atom is 0.233 e. The smallest absolute Gasteiger partial charge is 0.233 e. The predicted molar refractivity (Wildman–Crippen MR) is 85.7 cm³/mol. The van der Waals surface area contributed by atoms with Crippen molar-refractivity contribution in [3.63, 3.8) is 0 Å². The molecule has 0 spiro atoms. The van der Waals surface area contributed by atoms with Gasteiger partial charge in [-0.1, -0.05) is 11.8 Å². The van der Waals surface area contributed by atoms with E-state index in [1.807, 2.05) is 32.6 Å². The summed E-state index contributed by atoms with van der Waals surface area (Å²) in [7, 11) is 0. The number of carbonyl (C=O) groups excluding carboxylic acids is 1. The topological polar surface area (TPSA) is 90.2 Å². The van der Waals surface area contributed by atoms with Crippen LogP contribution < -0.4 is 5.84 Å². The Morgan fingerprint density at radius 2 is 2.05 bits per heavy atom. The van der Waals surface area contributed by atoms with Gasteiger partial charge in [0, 0.05) is 12.1 Å². The largest absolute Gasteiger partial charge is 0.461 e. The number of amides is 1. The van der Waals surface area contributed by atoms with Gasteiger partial charge in [-0.2, -0.15) is 0 Å². The third-order valence-corrected chi connectivity index (χ3v) is 4.06. The van der Waals surface area contributed by atoms with E-state index >= 15 is 0 Å². The van der Waals surface area contributed by atoms with Gasteiger partial charge in [0.25, 0.3) is 0 Å². The highest BCUT2D eigenvalue weighted by Gasteiger charge is 2.21. The summed E-state index contributed by atoms with van der Waals surface area (Å²) in [6, 6.07) is 3.82.